The van der Waals surface area contributed by atoms with Gasteiger partial charge < -0.3 is 10.5 Å². The third kappa shape index (κ3) is 3.23. The normalized spacial score (nSPS) is 17.0. The number of nitrogens with zero attached hydrogens (tertiary/aromatic N) is 1. The molecular weight excluding hydrogens is 266 g/mol. The molecule has 6 nitrogen and oxygen atoms in total. The van der Waals surface area contributed by atoms with Crippen LogP contribution in [-0.4, -0.2) is 27.7 Å². The second-order valence-electron chi connectivity index (χ2n) is 4.37. The lowest BCUT2D eigenvalue weighted by atomic mass is 10.1. The van der Waals surface area contributed by atoms with Crippen LogP contribution in [0.4, 0.5) is 5.69 Å². The van der Waals surface area contributed by atoms with Gasteiger partial charge in [0.15, 0.2) is 0 Å². The van der Waals surface area contributed by atoms with E-state index in [1.807, 2.05) is 6.07 Å². The lowest BCUT2D eigenvalue weighted by Gasteiger charge is -2.23. The fourth-order valence-corrected chi connectivity index (χ4v) is 3.38. The molecule has 0 amide bonds. The number of nitriles is 1. The third-order valence-electron chi connectivity index (χ3n) is 2.97. The van der Waals surface area contributed by atoms with Gasteiger partial charge in [-0.05, 0) is 31.0 Å². The zero-order chi connectivity index (χ0) is 13.9. The molecule has 0 atom stereocenters. The summed E-state index contributed by atoms with van der Waals surface area (Å²) in [4.78, 5) is 0.0120. The van der Waals surface area contributed by atoms with Gasteiger partial charge in [-0.2, -0.15) is 5.26 Å². The number of nitrogens with two attached hydrogens (primary N) is 1. The van der Waals surface area contributed by atoms with E-state index in [1.54, 1.807) is 0 Å². The predicted octanol–water partition coefficient (Wildman–Crippen LogP) is 0.598. The summed E-state index contributed by atoms with van der Waals surface area (Å²) in [5.41, 5.74) is 6.11. The summed E-state index contributed by atoms with van der Waals surface area (Å²) in [5.74, 6) is 0. The van der Waals surface area contributed by atoms with Crippen molar-refractivity contribution in [3.8, 4) is 6.07 Å². The molecule has 0 unspecified atom stereocenters. The van der Waals surface area contributed by atoms with Crippen molar-refractivity contribution < 1.29 is 13.2 Å². The summed E-state index contributed by atoms with van der Waals surface area (Å²) in [5, 5.41) is 8.73. The highest BCUT2D eigenvalue weighted by Gasteiger charge is 2.23. The molecule has 102 valence electrons. The molecule has 1 aromatic rings. The standard InChI is InChI=1S/C12H15N3O3S/c13-8-9-1-2-12(11(14)7-9)19(16,17)15-10-3-5-18-6-4-10/h1-2,7,10,15H,3-6,14H2. The number of hydrogen-bond donors (Lipinski definition) is 2. The van der Waals surface area contributed by atoms with Crippen LogP contribution in [0, 0.1) is 11.3 Å². The topological polar surface area (TPSA) is 105 Å². The maximum absolute atomic E-state index is 12.2. The fourth-order valence-electron chi connectivity index (χ4n) is 1.96. The molecule has 0 bridgehead atoms. The van der Waals surface area contributed by atoms with Crippen molar-refractivity contribution in [2.75, 3.05) is 18.9 Å². The molecular formula is C12H15N3O3S. The molecule has 1 heterocycles. The van der Waals surface area contributed by atoms with Crippen LogP contribution >= 0.6 is 0 Å². The SMILES string of the molecule is N#Cc1ccc(S(=O)(=O)NC2CCOCC2)c(N)c1. The molecule has 1 aromatic carbocycles. The first-order chi connectivity index (χ1) is 9.03. The van der Waals surface area contributed by atoms with Crippen LogP contribution in [0.2, 0.25) is 0 Å². The van der Waals surface area contributed by atoms with Gasteiger partial charge in [0.05, 0.1) is 17.3 Å². The number of benzene rings is 1. The molecule has 7 heteroatoms. The second-order valence-corrected chi connectivity index (χ2v) is 6.05. The molecule has 0 spiro atoms. The van der Waals surface area contributed by atoms with Gasteiger partial charge in [-0.1, -0.05) is 0 Å². The Kier molecular flexibility index (Phi) is 4.04. The Morgan fingerprint density at radius 3 is 2.63 bits per heavy atom. The Bertz CT molecular complexity index is 601. The van der Waals surface area contributed by atoms with E-state index in [2.05, 4.69) is 4.72 Å². The number of hydrogen-bond acceptors (Lipinski definition) is 5. The maximum atomic E-state index is 12.2. The van der Waals surface area contributed by atoms with Crippen molar-refractivity contribution in [3.05, 3.63) is 23.8 Å². The minimum atomic E-state index is -3.66. The van der Waals surface area contributed by atoms with Crippen molar-refractivity contribution in [1.29, 1.82) is 5.26 Å². The smallest absolute Gasteiger partial charge is 0.242 e. The number of rotatable bonds is 3. The van der Waals surface area contributed by atoms with Crippen molar-refractivity contribution in [1.82, 2.24) is 4.72 Å². The van der Waals surface area contributed by atoms with Gasteiger partial charge in [0.1, 0.15) is 4.90 Å². The van der Waals surface area contributed by atoms with E-state index in [9.17, 15) is 8.42 Å². The summed E-state index contributed by atoms with van der Waals surface area (Å²) in [6.45, 7) is 1.10. The molecule has 0 aromatic heterocycles. The van der Waals surface area contributed by atoms with E-state index in [0.717, 1.165) is 0 Å². The van der Waals surface area contributed by atoms with E-state index < -0.39 is 10.0 Å². The van der Waals surface area contributed by atoms with Crippen LogP contribution in [0.15, 0.2) is 23.1 Å². The highest BCUT2D eigenvalue weighted by molar-refractivity contribution is 7.89. The van der Waals surface area contributed by atoms with Crippen molar-refractivity contribution in [2.24, 2.45) is 0 Å². The van der Waals surface area contributed by atoms with Gasteiger partial charge in [-0.15, -0.1) is 0 Å². The first kappa shape index (κ1) is 13.8. The Balaban J connectivity index is 2.22. The largest absolute Gasteiger partial charge is 0.398 e. The van der Waals surface area contributed by atoms with Crippen LogP contribution in [0.25, 0.3) is 0 Å². The van der Waals surface area contributed by atoms with Crippen LogP contribution in [0.3, 0.4) is 0 Å². The molecule has 1 aliphatic rings. The van der Waals surface area contributed by atoms with E-state index in [1.165, 1.54) is 18.2 Å². The molecule has 3 N–H and O–H groups in total. The number of ether oxygens (including phenoxy) is 1. The van der Waals surface area contributed by atoms with E-state index in [4.69, 9.17) is 15.7 Å². The second kappa shape index (κ2) is 5.57. The van der Waals surface area contributed by atoms with Gasteiger partial charge in [-0.25, -0.2) is 13.1 Å². The molecule has 2 rings (SSSR count). The Morgan fingerprint density at radius 1 is 1.37 bits per heavy atom. The highest BCUT2D eigenvalue weighted by atomic mass is 32.2. The Hall–Kier alpha value is -1.62. The molecule has 1 saturated heterocycles. The third-order valence-corrected chi connectivity index (χ3v) is 4.57. The summed E-state index contributed by atoms with van der Waals surface area (Å²) >= 11 is 0. The maximum Gasteiger partial charge on any atom is 0.242 e. The Morgan fingerprint density at radius 2 is 2.05 bits per heavy atom. The monoisotopic (exact) mass is 281 g/mol. The lowest BCUT2D eigenvalue weighted by Crippen LogP contribution is -2.39. The fraction of sp³-hybridized carbons (Fsp3) is 0.417. The molecule has 0 aliphatic carbocycles. The number of nitrogens with one attached hydrogen (secondary N) is 1. The minimum absolute atomic E-state index is 0.0120. The van der Waals surface area contributed by atoms with E-state index in [0.29, 0.717) is 31.6 Å². The van der Waals surface area contributed by atoms with Gasteiger partial charge in [-0.3, -0.25) is 0 Å². The molecule has 1 aliphatic heterocycles. The average Bonchev–Trinajstić information content (AvgIpc) is 2.38. The summed E-state index contributed by atoms with van der Waals surface area (Å²) in [6.07, 6.45) is 1.30. The zero-order valence-corrected chi connectivity index (χ0v) is 11.1. The molecule has 0 saturated carbocycles. The van der Waals surface area contributed by atoms with Gasteiger partial charge in [0, 0.05) is 19.3 Å². The molecule has 0 radical (unpaired) electrons. The van der Waals surface area contributed by atoms with E-state index >= 15 is 0 Å². The quantitative estimate of drug-likeness (QED) is 0.789. The van der Waals surface area contributed by atoms with Gasteiger partial charge in [0.2, 0.25) is 10.0 Å². The predicted molar refractivity (Wildman–Crippen MR) is 69.7 cm³/mol. The molecule has 19 heavy (non-hydrogen) atoms. The van der Waals surface area contributed by atoms with Crippen molar-refractivity contribution >= 4 is 15.7 Å². The first-order valence-corrected chi connectivity index (χ1v) is 7.41. The minimum Gasteiger partial charge on any atom is -0.398 e. The number of sulfonamides is 1. The van der Waals surface area contributed by atoms with Crippen molar-refractivity contribution in [3.63, 3.8) is 0 Å². The highest BCUT2D eigenvalue weighted by Crippen LogP contribution is 2.20. The van der Waals surface area contributed by atoms with Crippen molar-refractivity contribution in [2.45, 2.75) is 23.8 Å². The van der Waals surface area contributed by atoms with Crippen LogP contribution in [0.1, 0.15) is 18.4 Å². The summed E-state index contributed by atoms with van der Waals surface area (Å²) < 4.78 is 32.2. The number of nitrogen functional groups attached to an aromatic ring is 1. The average molecular weight is 281 g/mol. The van der Waals surface area contributed by atoms with Crippen LogP contribution in [0.5, 0.6) is 0 Å². The molecule has 1 fully saturated rings. The first-order valence-electron chi connectivity index (χ1n) is 5.92. The number of anilines is 1. The van der Waals surface area contributed by atoms with Crippen LogP contribution in [-0.2, 0) is 14.8 Å². The van der Waals surface area contributed by atoms with Gasteiger partial charge in [0.25, 0.3) is 0 Å². The van der Waals surface area contributed by atoms with E-state index in [-0.39, 0.29) is 16.6 Å². The summed E-state index contributed by atoms with van der Waals surface area (Å²) in [7, 11) is -3.66. The lowest BCUT2D eigenvalue weighted by molar-refractivity contribution is 0.0832. The summed E-state index contributed by atoms with van der Waals surface area (Å²) in [6, 6.07) is 5.94. The zero-order valence-electron chi connectivity index (χ0n) is 10.3. The van der Waals surface area contributed by atoms with Crippen LogP contribution < -0.4 is 10.5 Å². The van der Waals surface area contributed by atoms with Gasteiger partial charge >= 0.3 is 0 Å². The Labute approximate surface area is 112 Å².